The fraction of sp³-hybridized carbons (Fsp3) is 0.733. The van der Waals surface area contributed by atoms with Gasteiger partial charge in [0.1, 0.15) is 11.9 Å². The lowest BCUT2D eigenvalue weighted by molar-refractivity contribution is 0.125. The van der Waals surface area contributed by atoms with Gasteiger partial charge in [0, 0.05) is 12.1 Å². The van der Waals surface area contributed by atoms with Crippen molar-refractivity contribution < 1.29 is 9.52 Å². The first-order chi connectivity index (χ1) is 8.74. The number of aliphatic hydroxyl groups excluding tert-OH is 1. The molecule has 1 aromatic heterocycles. The summed E-state index contributed by atoms with van der Waals surface area (Å²) in [6, 6.07) is 4.71. The van der Waals surface area contributed by atoms with Crippen LogP contribution in [0.5, 0.6) is 0 Å². The van der Waals surface area contributed by atoms with Gasteiger partial charge < -0.3 is 14.8 Å². The van der Waals surface area contributed by atoms with E-state index in [0.29, 0.717) is 17.8 Å². The van der Waals surface area contributed by atoms with Gasteiger partial charge >= 0.3 is 0 Å². The summed E-state index contributed by atoms with van der Waals surface area (Å²) < 4.78 is 5.24. The third-order valence-corrected chi connectivity index (χ3v) is 4.19. The molecule has 3 rings (SSSR count). The van der Waals surface area contributed by atoms with E-state index in [1.54, 1.807) is 6.26 Å². The average molecular weight is 249 g/mol. The maximum absolute atomic E-state index is 10.1. The fourth-order valence-corrected chi connectivity index (χ4v) is 2.90. The summed E-state index contributed by atoms with van der Waals surface area (Å²) in [7, 11) is 0. The van der Waals surface area contributed by atoms with Crippen LogP contribution in [0.4, 0.5) is 0 Å². The molecule has 0 spiro atoms. The molecule has 0 saturated heterocycles. The lowest BCUT2D eigenvalue weighted by Gasteiger charge is -2.24. The molecule has 0 amide bonds. The molecule has 2 fully saturated rings. The highest BCUT2D eigenvalue weighted by Gasteiger charge is 2.41. The second-order valence-electron chi connectivity index (χ2n) is 6.04. The van der Waals surface area contributed by atoms with E-state index >= 15 is 0 Å². The quantitative estimate of drug-likeness (QED) is 0.781. The number of hydrogen-bond acceptors (Lipinski definition) is 3. The predicted octanol–water partition coefficient (Wildman–Crippen LogP) is 2.87. The Hall–Kier alpha value is -0.800. The highest BCUT2D eigenvalue weighted by molar-refractivity contribution is 5.03. The van der Waals surface area contributed by atoms with Crippen LogP contribution in [0.25, 0.3) is 0 Å². The summed E-state index contributed by atoms with van der Waals surface area (Å²) in [6.45, 7) is 2.17. The molecular formula is C15H23NO2. The molecule has 0 aromatic carbocycles. The molecule has 0 radical (unpaired) electrons. The Kier molecular flexibility index (Phi) is 3.44. The second kappa shape index (κ2) is 5.06. The van der Waals surface area contributed by atoms with E-state index in [4.69, 9.17) is 4.42 Å². The maximum Gasteiger partial charge on any atom is 0.132 e. The maximum atomic E-state index is 10.1. The zero-order valence-corrected chi connectivity index (χ0v) is 11.0. The first-order valence-electron chi connectivity index (χ1n) is 7.21. The lowest BCUT2D eigenvalue weighted by atomic mass is 10.0. The second-order valence-corrected chi connectivity index (χ2v) is 6.04. The van der Waals surface area contributed by atoms with Crippen LogP contribution in [-0.2, 0) is 0 Å². The number of furan rings is 1. The largest absolute Gasteiger partial charge is 0.467 e. The number of nitrogens with one attached hydrogen (secondary N) is 1. The van der Waals surface area contributed by atoms with Crippen molar-refractivity contribution in [3.05, 3.63) is 24.2 Å². The van der Waals surface area contributed by atoms with Gasteiger partial charge in [0.2, 0.25) is 0 Å². The van der Waals surface area contributed by atoms with Gasteiger partial charge in [-0.05, 0) is 63.0 Å². The molecule has 0 aliphatic heterocycles. The monoisotopic (exact) mass is 249 g/mol. The highest BCUT2D eigenvalue weighted by Crippen LogP contribution is 2.44. The third-order valence-electron chi connectivity index (χ3n) is 4.19. The van der Waals surface area contributed by atoms with Crippen LogP contribution in [0.1, 0.15) is 50.9 Å². The molecule has 3 heteroatoms. The van der Waals surface area contributed by atoms with Crippen LogP contribution >= 0.6 is 0 Å². The van der Waals surface area contributed by atoms with Crippen molar-refractivity contribution in [2.24, 2.45) is 11.8 Å². The standard InChI is InChI=1S/C15H23NO2/c1-10(9-13(17)14-3-2-8-18-14)16-15(11-4-5-11)12-6-7-12/h2-3,8,10-13,15-17H,4-7,9H2,1H3. The number of rotatable bonds is 7. The Labute approximate surface area is 109 Å². The molecule has 2 atom stereocenters. The van der Waals surface area contributed by atoms with Crippen molar-refractivity contribution in [3.63, 3.8) is 0 Å². The molecule has 2 aliphatic carbocycles. The summed E-state index contributed by atoms with van der Waals surface area (Å²) in [6.07, 6.45) is 7.42. The Balaban J connectivity index is 1.49. The van der Waals surface area contributed by atoms with Crippen molar-refractivity contribution in [1.82, 2.24) is 5.32 Å². The molecule has 1 aromatic rings. The summed E-state index contributed by atoms with van der Waals surface area (Å²) in [5.41, 5.74) is 0. The molecule has 2 aliphatic rings. The lowest BCUT2D eigenvalue weighted by Crippen LogP contribution is -2.40. The van der Waals surface area contributed by atoms with Crippen LogP contribution < -0.4 is 5.32 Å². The highest BCUT2D eigenvalue weighted by atomic mass is 16.4. The molecule has 3 nitrogen and oxygen atoms in total. The summed E-state index contributed by atoms with van der Waals surface area (Å²) in [5.74, 6) is 2.49. The van der Waals surface area contributed by atoms with Gasteiger partial charge in [-0.25, -0.2) is 0 Å². The van der Waals surface area contributed by atoms with Gasteiger partial charge in [-0.2, -0.15) is 0 Å². The summed E-state index contributed by atoms with van der Waals surface area (Å²) >= 11 is 0. The third kappa shape index (κ3) is 2.96. The van der Waals surface area contributed by atoms with E-state index in [0.717, 1.165) is 18.3 Å². The topological polar surface area (TPSA) is 45.4 Å². The molecule has 18 heavy (non-hydrogen) atoms. The molecular weight excluding hydrogens is 226 g/mol. The normalized spacial score (nSPS) is 23.3. The van der Waals surface area contributed by atoms with Gasteiger partial charge in [0.25, 0.3) is 0 Å². The zero-order chi connectivity index (χ0) is 12.5. The van der Waals surface area contributed by atoms with Gasteiger partial charge in [-0.15, -0.1) is 0 Å². The molecule has 2 saturated carbocycles. The molecule has 2 N–H and O–H groups in total. The Morgan fingerprint density at radius 1 is 1.33 bits per heavy atom. The minimum atomic E-state index is -0.485. The van der Waals surface area contributed by atoms with E-state index in [-0.39, 0.29) is 0 Å². The Morgan fingerprint density at radius 3 is 2.50 bits per heavy atom. The van der Waals surface area contributed by atoms with Crippen molar-refractivity contribution >= 4 is 0 Å². The minimum absolute atomic E-state index is 0.344. The van der Waals surface area contributed by atoms with Crippen LogP contribution in [0.2, 0.25) is 0 Å². The molecule has 100 valence electrons. The van der Waals surface area contributed by atoms with Crippen LogP contribution in [0, 0.1) is 11.8 Å². The van der Waals surface area contributed by atoms with E-state index in [1.165, 1.54) is 25.7 Å². The number of hydrogen-bond donors (Lipinski definition) is 2. The van der Waals surface area contributed by atoms with E-state index < -0.39 is 6.10 Å². The summed E-state index contributed by atoms with van der Waals surface area (Å²) in [5, 5.41) is 13.8. The Bertz CT molecular complexity index is 356. The minimum Gasteiger partial charge on any atom is -0.467 e. The zero-order valence-electron chi connectivity index (χ0n) is 11.0. The van der Waals surface area contributed by atoms with Crippen LogP contribution in [-0.4, -0.2) is 17.2 Å². The molecule has 0 bridgehead atoms. The van der Waals surface area contributed by atoms with Crippen molar-refractivity contribution in [3.8, 4) is 0 Å². The van der Waals surface area contributed by atoms with Crippen molar-refractivity contribution in [1.29, 1.82) is 0 Å². The van der Waals surface area contributed by atoms with E-state index in [9.17, 15) is 5.11 Å². The fourth-order valence-electron chi connectivity index (χ4n) is 2.90. The van der Waals surface area contributed by atoms with Gasteiger partial charge in [0.05, 0.1) is 6.26 Å². The van der Waals surface area contributed by atoms with Gasteiger partial charge in [-0.3, -0.25) is 0 Å². The molecule has 1 heterocycles. The van der Waals surface area contributed by atoms with Crippen LogP contribution in [0.3, 0.4) is 0 Å². The Morgan fingerprint density at radius 2 is 2.00 bits per heavy atom. The van der Waals surface area contributed by atoms with Crippen LogP contribution in [0.15, 0.2) is 22.8 Å². The SMILES string of the molecule is CC(CC(O)c1ccco1)NC(C1CC1)C1CC1. The van der Waals surface area contributed by atoms with Gasteiger partial charge in [-0.1, -0.05) is 0 Å². The van der Waals surface area contributed by atoms with Crippen molar-refractivity contribution in [2.75, 3.05) is 0 Å². The van der Waals surface area contributed by atoms with E-state index in [1.807, 2.05) is 12.1 Å². The number of aliphatic hydroxyl groups is 1. The predicted molar refractivity (Wildman–Crippen MR) is 70.1 cm³/mol. The summed E-state index contributed by atoms with van der Waals surface area (Å²) in [4.78, 5) is 0. The average Bonchev–Trinajstić information content (AvgIpc) is 3.26. The molecule has 2 unspecified atom stereocenters. The first kappa shape index (κ1) is 12.2. The smallest absolute Gasteiger partial charge is 0.132 e. The van der Waals surface area contributed by atoms with E-state index in [2.05, 4.69) is 12.2 Å². The van der Waals surface area contributed by atoms with Gasteiger partial charge in [0.15, 0.2) is 0 Å². The first-order valence-corrected chi connectivity index (χ1v) is 7.21. The van der Waals surface area contributed by atoms with Crippen molar-refractivity contribution in [2.45, 2.75) is 57.2 Å².